The molecule has 64 heavy (non-hydrogen) atoms. The average Bonchev–Trinajstić information content (AvgIpc) is 3.83. The summed E-state index contributed by atoms with van der Waals surface area (Å²) in [6.45, 7) is 0. The van der Waals surface area contributed by atoms with Crippen LogP contribution in [0.3, 0.4) is 0 Å². The molecule has 0 radical (unpaired) electrons. The molecule has 302 valence electrons. The second-order valence-electron chi connectivity index (χ2n) is 17.1. The summed E-state index contributed by atoms with van der Waals surface area (Å²) < 4.78 is 14.0. The zero-order chi connectivity index (χ0) is 42.2. The van der Waals surface area contributed by atoms with Crippen molar-refractivity contribution < 1.29 is 9.47 Å². The van der Waals surface area contributed by atoms with Gasteiger partial charge in [0, 0.05) is 23.0 Å². The first-order chi connectivity index (χ1) is 31.7. The Balaban J connectivity index is 0.952. The minimum Gasteiger partial charge on any atom is -0.449 e. The average molecular weight is 820 g/mol. The Bertz CT molecular complexity index is 3320. The number of anilines is 2. The quantitative estimate of drug-likeness (QED) is 0.167. The van der Waals surface area contributed by atoms with Crippen molar-refractivity contribution in [3.8, 4) is 56.4 Å². The number of nitrogens with zero attached hydrogens (tertiary/aromatic N) is 1. The first kappa shape index (κ1) is 36.5. The number of benzene rings is 9. The standard InChI is InChI=1S/C61H41NO2/c1-4-18-40(19-5-1)45-34-32-43(36-50(45)42-22-8-3-9-23-42)62(56-31-17-13-24-46(56)41-20-6-2-7-21-41)44-33-35-57-58(37-44)64-60-39-55-51(38-59(60)63-57)49-27-12-16-30-54(49)61(55)52-28-14-10-25-47(52)48-26-11-15-29-53(48)61/h1-35,37-39,43H,36H2. The molecule has 0 N–H and O–H groups in total. The Kier molecular flexibility index (Phi) is 8.26. The highest BCUT2D eigenvalue weighted by atomic mass is 16.6. The van der Waals surface area contributed by atoms with Crippen LogP contribution in [0.15, 0.2) is 231 Å². The Labute approximate surface area is 373 Å². The highest BCUT2D eigenvalue weighted by molar-refractivity contribution is 5.99. The number of rotatable bonds is 6. The summed E-state index contributed by atoms with van der Waals surface area (Å²) in [4.78, 5) is 2.49. The van der Waals surface area contributed by atoms with E-state index in [4.69, 9.17) is 9.47 Å². The molecule has 3 nitrogen and oxygen atoms in total. The normalized spacial score (nSPS) is 15.5. The van der Waals surface area contributed by atoms with Crippen LogP contribution in [-0.4, -0.2) is 6.04 Å². The second kappa shape index (κ2) is 14.5. The van der Waals surface area contributed by atoms with Crippen molar-refractivity contribution in [3.63, 3.8) is 0 Å². The molecule has 9 aromatic rings. The van der Waals surface area contributed by atoms with E-state index in [9.17, 15) is 0 Å². The van der Waals surface area contributed by atoms with E-state index in [2.05, 4.69) is 235 Å². The van der Waals surface area contributed by atoms with Crippen LogP contribution in [0.5, 0.6) is 23.0 Å². The lowest BCUT2D eigenvalue weighted by atomic mass is 9.70. The maximum atomic E-state index is 7.10. The van der Waals surface area contributed by atoms with Crippen LogP contribution >= 0.6 is 0 Å². The molecule has 3 heteroatoms. The van der Waals surface area contributed by atoms with Crippen molar-refractivity contribution in [3.05, 3.63) is 264 Å². The first-order valence-corrected chi connectivity index (χ1v) is 22.2. The minimum atomic E-state index is -0.479. The van der Waals surface area contributed by atoms with Gasteiger partial charge in [0.05, 0.1) is 11.5 Å². The molecular formula is C61H41NO2. The third kappa shape index (κ3) is 5.47. The molecule has 0 saturated carbocycles. The molecule has 1 atom stereocenters. The zero-order valence-corrected chi connectivity index (χ0v) is 35.0. The first-order valence-electron chi connectivity index (χ1n) is 22.2. The molecule has 1 spiro atoms. The molecule has 0 aromatic heterocycles. The van der Waals surface area contributed by atoms with Crippen LogP contribution in [-0.2, 0) is 5.41 Å². The summed E-state index contributed by atoms with van der Waals surface area (Å²) in [6, 6.07) is 78.6. The van der Waals surface area contributed by atoms with Crippen LogP contribution in [0.1, 0.15) is 39.8 Å². The van der Waals surface area contributed by atoms with Crippen molar-refractivity contribution in [2.75, 3.05) is 4.90 Å². The van der Waals surface area contributed by atoms with E-state index < -0.39 is 5.41 Å². The van der Waals surface area contributed by atoms with Crippen molar-refractivity contribution in [1.29, 1.82) is 0 Å². The molecule has 4 aliphatic rings. The number of hydrogen-bond acceptors (Lipinski definition) is 3. The van der Waals surface area contributed by atoms with E-state index in [0.717, 1.165) is 34.7 Å². The van der Waals surface area contributed by atoms with Crippen molar-refractivity contribution >= 4 is 22.5 Å². The minimum absolute atomic E-state index is 0.0217. The summed E-state index contributed by atoms with van der Waals surface area (Å²) >= 11 is 0. The molecule has 0 fully saturated rings. The van der Waals surface area contributed by atoms with Gasteiger partial charge in [-0.2, -0.15) is 0 Å². The fourth-order valence-electron chi connectivity index (χ4n) is 11.0. The topological polar surface area (TPSA) is 21.7 Å². The molecular weight excluding hydrogens is 779 g/mol. The fraction of sp³-hybridized carbons (Fsp3) is 0.0492. The predicted molar refractivity (Wildman–Crippen MR) is 261 cm³/mol. The molecule has 0 amide bonds. The van der Waals surface area contributed by atoms with Crippen molar-refractivity contribution in [1.82, 2.24) is 0 Å². The highest BCUT2D eigenvalue weighted by Gasteiger charge is 2.52. The molecule has 1 aliphatic heterocycles. The smallest absolute Gasteiger partial charge is 0.172 e. The summed E-state index contributed by atoms with van der Waals surface area (Å²) in [7, 11) is 0. The maximum Gasteiger partial charge on any atom is 0.172 e. The van der Waals surface area contributed by atoms with Crippen LogP contribution in [0, 0.1) is 0 Å². The Morgan fingerprint density at radius 2 is 0.891 bits per heavy atom. The Hall–Kier alpha value is -8.14. The van der Waals surface area contributed by atoms with E-state index in [0.29, 0.717) is 17.2 Å². The Morgan fingerprint density at radius 1 is 0.391 bits per heavy atom. The van der Waals surface area contributed by atoms with Crippen LogP contribution in [0.4, 0.5) is 11.4 Å². The fourth-order valence-corrected chi connectivity index (χ4v) is 11.0. The van der Waals surface area contributed by atoms with Gasteiger partial charge in [0.1, 0.15) is 0 Å². The van der Waals surface area contributed by atoms with Gasteiger partial charge in [-0.05, 0) is 109 Å². The number of fused-ring (bicyclic) bond motifs is 12. The van der Waals surface area contributed by atoms with E-state index in [1.54, 1.807) is 0 Å². The molecule has 13 rings (SSSR count). The largest absolute Gasteiger partial charge is 0.449 e. The van der Waals surface area contributed by atoms with E-state index in [1.165, 1.54) is 66.8 Å². The van der Waals surface area contributed by atoms with Gasteiger partial charge in [0.2, 0.25) is 0 Å². The summed E-state index contributed by atoms with van der Waals surface area (Å²) in [5.41, 5.74) is 19.0. The molecule has 0 saturated heterocycles. The zero-order valence-electron chi connectivity index (χ0n) is 35.0. The van der Waals surface area contributed by atoms with Gasteiger partial charge in [-0.15, -0.1) is 0 Å². The third-order valence-corrected chi connectivity index (χ3v) is 13.7. The maximum absolute atomic E-state index is 7.10. The molecule has 9 aromatic carbocycles. The van der Waals surface area contributed by atoms with Gasteiger partial charge in [0.25, 0.3) is 0 Å². The molecule has 3 aliphatic carbocycles. The second-order valence-corrected chi connectivity index (χ2v) is 17.1. The number of ether oxygens (including phenoxy) is 2. The van der Waals surface area contributed by atoms with Gasteiger partial charge in [-0.3, -0.25) is 0 Å². The van der Waals surface area contributed by atoms with Gasteiger partial charge in [-0.1, -0.05) is 194 Å². The third-order valence-electron chi connectivity index (χ3n) is 13.7. The molecule has 0 bridgehead atoms. The van der Waals surface area contributed by atoms with Gasteiger partial charge in [0.15, 0.2) is 23.0 Å². The van der Waals surface area contributed by atoms with E-state index >= 15 is 0 Å². The van der Waals surface area contributed by atoms with Gasteiger partial charge in [-0.25, -0.2) is 0 Å². The summed E-state index contributed by atoms with van der Waals surface area (Å²) in [5, 5.41) is 0. The summed E-state index contributed by atoms with van der Waals surface area (Å²) in [5.74, 6) is 2.82. The molecule has 1 heterocycles. The molecule has 1 unspecified atom stereocenters. The number of para-hydroxylation sites is 1. The number of hydrogen-bond donors (Lipinski definition) is 0. The van der Waals surface area contributed by atoms with Crippen LogP contribution in [0.25, 0.3) is 44.5 Å². The van der Waals surface area contributed by atoms with Gasteiger partial charge >= 0.3 is 0 Å². The lowest BCUT2D eigenvalue weighted by Gasteiger charge is -2.37. The Morgan fingerprint density at radius 3 is 1.55 bits per heavy atom. The lowest BCUT2D eigenvalue weighted by molar-refractivity contribution is 0.359. The monoisotopic (exact) mass is 819 g/mol. The highest BCUT2D eigenvalue weighted by Crippen LogP contribution is 2.64. The predicted octanol–water partition coefficient (Wildman–Crippen LogP) is 15.7. The van der Waals surface area contributed by atoms with Crippen molar-refractivity contribution in [2.24, 2.45) is 0 Å². The van der Waals surface area contributed by atoms with E-state index in [-0.39, 0.29) is 6.04 Å². The summed E-state index contributed by atoms with van der Waals surface area (Å²) in [6.07, 6.45) is 5.50. The SMILES string of the molecule is C1=CC(N(c2ccc3c(c2)Oc2cc4c(cc2O3)-c2ccccc2C42c3ccccc3-c3ccccc32)c2ccccc2-c2ccccc2)CC(c2ccccc2)=C1c1ccccc1. The lowest BCUT2D eigenvalue weighted by Crippen LogP contribution is -2.31. The van der Waals surface area contributed by atoms with Gasteiger partial charge < -0.3 is 14.4 Å². The van der Waals surface area contributed by atoms with Crippen molar-refractivity contribution in [2.45, 2.75) is 17.9 Å². The number of allylic oxidation sites excluding steroid dienone is 2. The van der Waals surface area contributed by atoms with Crippen LogP contribution in [0.2, 0.25) is 0 Å². The van der Waals surface area contributed by atoms with E-state index in [1.807, 2.05) is 0 Å². The van der Waals surface area contributed by atoms with Crippen LogP contribution < -0.4 is 14.4 Å².